The Kier molecular flexibility index (Phi) is 5.48. The van der Waals surface area contributed by atoms with Gasteiger partial charge in [0.05, 0.1) is 10.9 Å². The van der Waals surface area contributed by atoms with Crippen molar-refractivity contribution in [3.05, 3.63) is 40.4 Å². The number of aryl methyl sites for hydroxylation is 1. The Hall–Kier alpha value is -2.21. The van der Waals surface area contributed by atoms with E-state index >= 15 is 0 Å². The lowest BCUT2D eigenvalue weighted by Crippen LogP contribution is -2.48. The highest BCUT2D eigenvalue weighted by Crippen LogP contribution is 2.19. The molecule has 1 aliphatic rings. The van der Waals surface area contributed by atoms with Gasteiger partial charge in [-0.1, -0.05) is 12.1 Å². The number of hydrogen-bond donors (Lipinski definition) is 1. The number of H-pyrrole nitrogens is 1. The maximum absolute atomic E-state index is 12.7. The molecule has 1 fully saturated rings. The van der Waals surface area contributed by atoms with E-state index in [1.807, 2.05) is 37.2 Å². The van der Waals surface area contributed by atoms with E-state index in [0.29, 0.717) is 35.6 Å². The van der Waals surface area contributed by atoms with E-state index in [1.54, 1.807) is 6.07 Å². The molecule has 1 unspecified atom stereocenters. The fourth-order valence-electron chi connectivity index (χ4n) is 3.56. The van der Waals surface area contributed by atoms with Crippen LogP contribution < -0.4 is 5.56 Å². The summed E-state index contributed by atoms with van der Waals surface area (Å²) >= 11 is 0. The zero-order valence-corrected chi connectivity index (χ0v) is 15.0. The number of rotatable bonds is 5. The predicted octanol–water partition coefficient (Wildman–Crippen LogP) is 1.80. The van der Waals surface area contributed by atoms with E-state index in [9.17, 15) is 9.59 Å². The van der Waals surface area contributed by atoms with Crippen molar-refractivity contribution in [2.75, 3.05) is 27.2 Å². The lowest BCUT2D eigenvalue weighted by molar-refractivity contribution is -0.135. The number of aromatic nitrogens is 2. The van der Waals surface area contributed by atoms with Crippen molar-refractivity contribution in [3.8, 4) is 0 Å². The first-order valence-electron chi connectivity index (χ1n) is 8.97. The van der Waals surface area contributed by atoms with Gasteiger partial charge in [-0.05, 0) is 45.5 Å². The van der Waals surface area contributed by atoms with Crippen LogP contribution >= 0.6 is 0 Å². The molecule has 3 rings (SSSR count). The van der Waals surface area contributed by atoms with Crippen LogP contribution in [-0.2, 0) is 11.2 Å². The number of nitrogens with zero attached hydrogens (tertiary/aromatic N) is 3. The third kappa shape index (κ3) is 4.25. The summed E-state index contributed by atoms with van der Waals surface area (Å²) < 4.78 is 0. The highest BCUT2D eigenvalue weighted by atomic mass is 16.2. The average Bonchev–Trinajstić information content (AvgIpc) is 2.60. The first-order valence-corrected chi connectivity index (χ1v) is 8.97. The number of amides is 1. The van der Waals surface area contributed by atoms with Crippen LogP contribution in [0.4, 0.5) is 0 Å². The first-order chi connectivity index (χ1) is 12.0. The van der Waals surface area contributed by atoms with Gasteiger partial charge in [-0.2, -0.15) is 0 Å². The second-order valence-electron chi connectivity index (χ2n) is 7.03. The largest absolute Gasteiger partial charge is 0.338 e. The highest BCUT2D eigenvalue weighted by Gasteiger charge is 2.26. The van der Waals surface area contributed by atoms with Crippen LogP contribution in [0.3, 0.4) is 0 Å². The zero-order chi connectivity index (χ0) is 17.8. The first kappa shape index (κ1) is 17.6. The predicted molar refractivity (Wildman–Crippen MR) is 98.6 cm³/mol. The fraction of sp³-hybridized carbons (Fsp3) is 0.526. The number of aromatic amines is 1. The number of para-hydroxylation sites is 1. The summed E-state index contributed by atoms with van der Waals surface area (Å²) in [5, 5.41) is 0.583. The number of benzene rings is 1. The van der Waals surface area contributed by atoms with Gasteiger partial charge < -0.3 is 14.8 Å². The quantitative estimate of drug-likeness (QED) is 0.899. The molecular weight excluding hydrogens is 316 g/mol. The summed E-state index contributed by atoms with van der Waals surface area (Å²) in [6.45, 7) is 1.73. The van der Waals surface area contributed by atoms with Crippen LogP contribution in [0, 0.1) is 0 Å². The van der Waals surface area contributed by atoms with Crippen LogP contribution in [0.1, 0.15) is 31.5 Å². The SMILES string of the molecule is CN(C)CC1CCCCN1C(=O)CCc1nc2ccccc2c(=O)[nH]1. The van der Waals surface area contributed by atoms with Gasteiger partial charge in [-0.25, -0.2) is 4.98 Å². The van der Waals surface area contributed by atoms with E-state index in [0.717, 1.165) is 25.9 Å². The van der Waals surface area contributed by atoms with Crippen molar-refractivity contribution < 1.29 is 4.79 Å². The van der Waals surface area contributed by atoms with E-state index in [1.165, 1.54) is 6.42 Å². The number of carbonyl (C=O) groups excluding carboxylic acids is 1. The number of piperidine rings is 1. The Bertz CT molecular complexity index is 799. The summed E-state index contributed by atoms with van der Waals surface area (Å²) in [7, 11) is 4.09. The Morgan fingerprint density at radius 1 is 1.32 bits per heavy atom. The molecule has 0 bridgehead atoms. The molecule has 0 aliphatic carbocycles. The van der Waals surface area contributed by atoms with Gasteiger partial charge in [0.25, 0.3) is 5.56 Å². The molecule has 6 heteroatoms. The molecular formula is C19H26N4O2. The number of hydrogen-bond acceptors (Lipinski definition) is 4. The van der Waals surface area contributed by atoms with E-state index < -0.39 is 0 Å². The van der Waals surface area contributed by atoms with Crippen molar-refractivity contribution in [1.29, 1.82) is 0 Å². The van der Waals surface area contributed by atoms with Gasteiger partial charge in [0.2, 0.25) is 5.91 Å². The normalized spacial score (nSPS) is 18.0. The minimum atomic E-state index is -0.142. The van der Waals surface area contributed by atoms with Gasteiger partial charge in [0.15, 0.2) is 0 Å². The van der Waals surface area contributed by atoms with Gasteiger partial charge in [-0.3, -0.25) is 9.59 Å². The summed E-state index contributed by atoms with van der Waals surface area (Å²) in [6.07, 6.45) is 4.16. The molecule has 1 aromatic heterocycles. The number of likely N-dealkylation sites (N-methyl/N-ethyl adjacent to an activating group) is 1. The fourth-order valence-corrected chi connectivity index (χ4v) is 3.56. The number of nitrogens with one attached hydrogen (secondary N) is 1. The smallest absolute Gasteiger partial charge is 0.258 e. The molecule has 6 nitrogen and oxygen atoms in total. The Morgan fingerprint density at radius 2 is 2.12 bits per heavy atom. The summed E-state index contributed by atoms with van der Waals surface area (Å²) in [6, 6.07) is 7.57. The average molecular weight is 342 g/mol. The molecule has 1 atom stereocenters. The van der Waals surface area contributed by atoms with Crippen LogP contribution in [0.5, 0.6) is 0 Å². The van der Waals surface area contributed by atoms with Gasteiger partial charge in [0.1, 0.15) is 5.82 Å². The second-order valence-corrected chi connectivity index (χ2v) is 7.03. The molecule has 1 aliphatic heterocycles. The number of fused-ring (bicyclic) bond motifs is 1. The maximum Gasteiger partial charge on any atom is 0.258 e. The van der Waals surface area contributed by atoms with Gasteiger partial charge in [0, 0.05) is 32.0 Å². The molecule has 1 saturated heterocycles. The van der Waals surface area contributed by atoms with Crippen LogP contribution in [-0.4, -0.2) is 58.9 Å². The monoisotopic (exact) mass is 342 g/mol. The van der Waals surface area contributed by atoms with Crippen molar-refractivity contribution in [2.45, 2.75) is 38.1 Å². The van der Waals surface area contributed by atoms with E-state index in [4.69, 9.17) is 0 Å². The molecule has 2 heterocycles. The van der Waals surface area contributed by atoms with Crippen LogP contribution in [0.2, 0.25) is 0 Å². The molecule has 1 N–H and O–H groups in total. The lowest BCUT2D eigenvalue weighted by atomic mass is 10.0. The Labute approximate surface area is 147 Å². The van der Waals surface area contributed by atoms with Crippen molar-refractivity contribution in [3.63, 3.8) is 0 Å². The molecule has 25 heavy (non-hydrogen) atoms. The van der Waals surface area contributed by atoms with Gasteiger partial charge >= 0.3 is 0 Å². The van der Waals surface area contributed by atoms with Crippen molar-refractivity contribution in [1.82, 2.24) is 19.8 Å². The van der Waals surface area contributed by atoms with Crippen LogP contribution in [0.15, 0.2) is 29.1 Å². The number of carbonyl (C=O) groups is 1. The molecule has 2 aromatic rings. The van der Waals surface area contributed by atoms with E-state index in [2.05, 4.69) is 14.9 Å². The van der Waals surface area contributed by atoms with Crippen molar-refractivity contribution >= 4 is 16.8 Å². The molecule has 134 valence electrons. The van der Waals surface area contributed by atoms with E-state index in [-0.39, 0.29) is 11.5 Å². The second kappa shape index (κ2) is 7.78. The summed E-state index contributed by atoms with van der Waals surface area (Å²) in [4.78, 5) is 36.3. The third-order valence-corrected chi connectivity index (χ3v) is 4.76. The lowest BCUT2D eigenvalue weighted by Gasteiger charge is -2.37. The third-order valence-electron chi connectivity index (χ3n) is 4.76. The summed E-state index contributed by atoms with van der Waals surface area (Å²) in [5.41, 5.74) is 0.536. The highest BCUT2D eigenvalue weighted by molar-refractivity contribution is 5.78. The van der Waals surface area contributed by atoms with Gasteiger partial charge in [-0.15, -0.1) is 0 Å². The molecule has 0 spiro atoms. The standard InChI is InChI=1S/C19H26N4O2/c1-22(2)13-14-7-5-6-12-23(14)18(24)11-10-17-20-16-9-4-3-8-15(16)19(25)21-17/h3-4,8-9,14H,5-7,10-13H2,1-2H3,(H,20,21,25). The summed E-state index contributed by atoms with van der Waals surface area (Å²) in [5.74, 6) is 0.737. The Balaban J connectivity index is 1.68. The minimum absolute atomic E-state index is 0.142. The van der Waals surface area contributed by atoms with Crippen LogP contribution in [0.25, 0.3) is 10.9 Å². The number of likely N-dealkylation sites (tertiary alicyclic amines) is 1. The van der Waals surface area contributed by atoms with Crippen molar-refractivity contribution in [2.24, 2.45) is 0 Å². The molecule has 1 aromatic carbocycles. The molecule has 1 amide bonds. The maximum atomic E-state index is 12.7. The zero-order valence-electron chi connectivity index (χ0n) is 15.0. The molecule has 0 saturated carbocycles. The molecule has 0 radical (unpaired) electrons. The Morgan fingerprint density at radius 3 is 2.92 bits per heavy atom. The topological polar surface area (TPSA) is 69.3 Å². The minimum Gasteiger partial charge on any atom is -0.338 e.